The predicted molar refractivity (Wildman–Crippen MR) is 94.8 cm³/mol. The van der Waals surface area contributed by atoms with Gasteiger partial charge < -0.3 is 15.5 Å². The van der Waals surface area contributed by atoms with Crippen LogP contribution in [0.3, 0.4) is 0 Å². The maximum atomic E-state index is 12.2. The highest BCUT2D eigenvalue weighted by atomic mass is 16.2. The molecule has 124 valence electrons. The Morgan fingerprint density at radius 2 is 2.04 bits per heavy atom. The highest BCUT2D eigenvalue weighted by Gasteiger charge is 2.30. The van der Waals surface area contributed by atoms with E-state index in [4.69, 9.17) is 0 Å². The molecule has 1 aromatic carbocycles. The number of anilines is 1. The van der Waals surface area contributed by atoms with Crippen molar-refractivity contribution in [3.05, 3.63) is 60.4 Å². The lowest BCUT2D eigenvalue weighted by Crippen LogP contribution is -2.44. The van der Waals surface area contributed by atoms with E-state index in [0.717, 1.165) is 11.4 Å². The van der Waals surface area contributed by atoms with Gasteiger partial charge in [-0.15, -0.1) is 0 Å². The van der Waals surface area contributed by atoms with Gasteiger partial charge in [-0.2, -0.15) is 0 Å². The molecule has 24 heavy (non-hydrogen) atoms. The summed E-state index contributed by atoms with van der Waals surface area (Å²) in [4.78, 5) is 22.6. The van der Waals surface area contributed by atoms with Gasteiger partial charge in [0.2, 0.25) is 5.91 Å². The topological polar surface area (TPSA) is 69.6 Å². The Hall–Kier alpha value is -2.89. The van der Waals surface area contributed by atoms with E-state index in [0.29, 0.717) is 25.5 Å². The summed E-state index contributed by atoms with van der Waals surface area (Å²) in [6, 6.07) is 15.6. The molecule has 0 bridgehead atoms. The molecule has 6 nitrogen and oxygen atoms in total. The first-order valence-electron chi connectivity index (χ1n) is 7.99. The lowest BCUT2D eigenvalue weighted by molar-refractivity contribution is -0.117. The van der Waals surface area contributed by atoms with Crippen molar-refractivity contribution in [1.29, 1.82) is 0 Å². The molecule has 1 unspecified atom stereocenters. The number of nitrogens with zero attached hydrogens (tertiary/aromatic N) is 3. The summed E-state index contributed by atoms with van der Waals surface area (Å²) in [5, 5.41) is 6.54. The van der Waals surface area contributed by atoms with Gasteiger partial charge in [0, 0.05) is 31.9 Å². The molecule has 1 aliphatic rings. The van der Waals surface area contributed by atoms with Crippen LogP contribution in [0.2, 0.25) is 0 Å². The van der Waals surface area contributed by atoms with E-state index in [9.17, 15) is 4.79 Å². The molecule has 1 saturated heterocycles. The van der Waals surface area contributed by atoms with Gasteiger partial charge in [0.05, 0.1) is 18.3 Å². The van der Waals surface area contributed by atoms with Crippen molar-refractivity contribution >= 4 is 17.6 Å². The number of aliphatic imine (C=N–C) groups is 1. The lowest BCUT2D eigenvalue weighted by atomic mass is 10.2. The maximum Gasteiger partial charge on any atom is 0.229 e. The van der Waals surface area contributed by atoms with Crippen molar-refractivity contribution < 1.29 is 4.79 Å². The monoisotopic (exact) mass is 323 g/mol. The van der Waals surface area contributed by atoms with E-state index in [-0.39, 0.29) is 11.9 Å². The lowest BCUT2D eigenvalue weighted by Gasteiger charge is -2.19. The van der Waals surface area contributed by atoms with E-state index in [1.807, 2.05) is 53.4 Å². The zero-order valence-corrected chi connectivity index (χ0v) is 13.6. The Balaban J connectivity index is 1.56. The van der Waals surface area contributed by atoms with Crippen molar-refractivity contribution in [3.8, 4) is 0 Å². The number of carbonyl (C=O) groups is 1. The second-order valence-electron chi connectivity index (χ2n) is 5.63. The van der Waals surface area contributed by atoms with E-state index in [2.05, 4.69) is 20.6 Å². The van der Waals surface area contributed by atoms with Crippen molar-refractivity contribution in [2.45, 2.75) is 19.0 Å². The molecule has 1 aromatic heterocycles. The first kappa shape index (κ1) is 16.0. The Labute approximate surface area is 141 Å². The van der Waals surface area contributed by atoms with Gasteiger partial charge in [-0.05, 0) is 24.3 Å². The minimum atomic E-state index is 0.0349. The minimum absolute atomic E-state index is 0.0349. The first-order valence-corrected chi connectivity index (χ1v) is 7.99. The zero-order chi connectivity index (χ0) is 16.8. The molecule has 1 atom stereocenters. The molecule has 0 aliphatic carbocycles. The fourth-order valence-corrected chi connectivity index (χ4v) is 2.73. The van der Waals surface area contributed by atoms with Crippen molar-refractivity contribution in [1.82, 2.24) is 15.6 Å². The van der Waals surface area contributed by atoms with Gasteiger partial charge in [0.15, 0.2) is 5.96 Å². The van der Waals surface area contributed by atoms with Crippen LogP contribution in [0.15, 0.2) is 59.7 Å². The molecule has 3 rings (SSSR count). The third-order valence-corrected chi connectivity index (χ3v) is 3.92. The average Bonchev–Trinajstić information content (AvgIpc) is 3.00. The summed E-state index contributed by atoms with van der Waals surface area (Å²) in [6.07, 6.45) is 2.22. The summed E-state index contributed by atoms with van der Waals surface area (Å²) >= 11 is 0. The molecular weight excluding hydrogens is 302 g/mol. The average molecular weight is 323 g/mol. The van der Waals surface area contributed by atoms with Crippen LogP contribution in [0.5, 0.6) is 0 Å². The Kier molecular flexibility index (Phi) is 5.05. The van der Waals surface area contributed by atoms with E-state index >= 15 is 0 Å². The molecule has 1 amide bonds. The van der Waals surface area contributed by atoms with Gasteiger partial charge in [-0.1, -0.05) is 24.3 Å². The number of amides is 1. The van der Waals surface area contributed by atoms with Gasteiger partial charge in [-0.25, -0.2) is 0 Å². The van der Waals surface area contributed by atoms with Gasteiger partial charge >= 0.3 is 0 Å². The van der Waals surface area contributed by atoms with Crippen molar-refractivity contribution in [3.63, 3.8) is 0 Å². The van der Waals surface area contributed by atoms with E-state index in [1.165, 1.54) is 0 Å². The molecule has 2 aromatic rings. The molecule has 1 aliphatic heterocycles. The quantitative estimate of drug-likeness (QED) is 0.662. The third-order valence-electron chi connectivity index (χ3n) is 3.92. The fourth-order valence-electron chi connectivity index (χ4n) is 2.73. The summed E-state index contributed by atoms with van der Waals surface area (Å²) in [6.45, 7) is 1.22. The summed E-state index contributed by atoms with van der Waals surface area (Å²) in [5.41, 5.74) is 1.87. The number of hydrogen-bond acceptors (Lipinski definition) is 3. The van der Waals surface area contributed by atoms with Crippen LogP contribution in [-0.2, 0) is 11.3 Å². The molecule has 2 N–H and O–H groups in total. The zero-order valence-electron chi connectivity index (χ0n) is 13.6. The molecule has 6 heteroatoms. The minimum Gasteiger partial charge on any atom is -0.351 e. The molecule has 2 heterocycles. The van der Waals surface area contributed by atoms with Gasteiger partial charge in [0.25, 0.3) is 0 Å². The normalized spacial score (nSPS) is 17.9. The predicted octanol–water partition coefficient (Wildman–Crippen LogP) is 1.55. The summed E-state index contributed by atoms with van der Waals surface area (Å²) in [5.74, 6) is 0.798. The number of para-hydroxylation sites is 1. The number of aromatic nitrogens is 1. The number of hydrogen-bond donors (Lipinski definition) is 2. The van der Waals surface area contributed by atoms with Crippen LogP contribution in [0.25, 0.3) is 0 Å². The smallest absolute Gasteiger partial charge is 0.229 e. The first-order chi connectivity index (χ1) is 11.8. The molecule has 0 saturated carbocycles. The SMILES string of the molecule is CN=C(NCc1ccccn1)NC1CC(=O)N(c2ccccc2)C1. The standard InChI is InChI=1S/C18H21N5O/c1-19-18(21-12-14-7-5-6-10-20-14)22-15-11-17(24)23(13-15)16-8-3-2-4-9-16/h2-10,15H,11-13H2,1H3,(H2,19,21,22). The molecule has 0 spiro atoms. The van der Waals surface area contributed by atoms with Crippen molar-refractivity contribution in [2.75, 3.05) is 18.5 Å². The highest BCUT2D eigenvalue weighted by molar-refractivity contribution is 5.97. The van der Waals surface area contributed by atoms with Gasteiger partial charge in [-0.3, -0.25) is 14.8 Å². The number of carbonyl (C=O) groups excluding carboxylic acids is 1. The summed E-state index contributed by atoms with van der Waals surface area (Å²) in [7, 11) is 1.72. The van der Waals surface area contributed by atoms with Crippen molar-refractivity contribution in [2.24, 2.45) is 4.99 Å². The molecule has 0 radical (unpaired) electrons. The van der Waals surface area contributed by atoms with Crippen LogP contribution < -0.4 is 15.5 Å². The van der Waals surface area contributed by atoms with Crippen LogP contribution in [0.4, 0.5) is 5.69 Å². The number of guanidine groups is 1. The van der Waals surface area contributed by atoms with E-state index in [1.54, 1.807) is 13.2 Å². The second kappa shape index (κ2) is 7.59. The molecule has 1 fully saturated rings. The van der Waals surface area contributed by atoms with Crippen LogP contribution in [0, 0.1) is 0 Å². The number of nitrogens with one attached hydrogen (secondary N) is 2. The Bertz CT molecular complexity index is 702. The van der Waals surface area contributed by atoms with Gasteiger partial charge in [0.1, 0.15) is 0 Å². The van der Waals surface area contributed by atoms with Crippen LogP contribution in [-0.4, -0.2) is 36.5 Å². The van der Waals surface area contributed by atoms with Crippen LogP contribution >= 0.6 is 0 Å². The number of benzene rings is 1. The second-order valence-corrected chi connectivity index (χ2v) is 5.63. The Morgan fingerprint density at radius 3 is 2.75 bits per heavy atom. The fraction of sp³-hybridized carbons (Fsp3) is 0.278. The number of pyridine rings is 1. The molecular formula is C18H21N5O. The maximum absolute atomic E-state index is 12.2. The number of rotatable bonds is 4. The van der Waals surface area contributed by atoms with Crippen LogP contribution in [0.1, 0.15) is 12.1 Å². The Morgan fingerprint density at radius 1 is 1.25 bits per heavy atom. The van der Waals surface area contributed by atoms with E-state index < -0.39 is 0 Å². The highest BCUT2D eigenvalue weighted by Crippen LogP contribution is 2.20. The summed E-state index contributed by atoms with van der Waals surface area (Å²) < 4.78 is 0. The largest absolute Gasteiger partial charge is 0.351 e. The third kappa shape index (κ3) is 3.90.